The molecule has 0 spiro atoms. The van der Waals surface area contributed by atoms with Crippen LogP contribution in [-0.2, 0) is 15.7 Å². The Kier molecular flexibility index (Phi) is 8.45. The van der Waals surface area contributed by atoms with Crippen LogP contribution in [0.15, 0.2) is 24.3 Å². The summed E-state index contributed by atoms with van der Waals surface area (Å²) in [6.45, 7) is 1.97. The smallest absolute Gasteiger partial charge is 0.417 e. The maximum atomic E-state index is 13.0. The Labute approximate surface area is 146 Å². The summed E-state index contributed by atoms with van der Waals surface area (Å²) in [6, 6.07) is 4.51. The third kappa shape index (κ3) is 7.15. The van der Waals surface area contributed by atoms with Crippen LogP contribution in [0.5, 0.6) is 0 Å². The van der Waals surface area contributed by atoms with E-state index in [1.165, 1.54) is 19.2 Å². The Balaban J connectivity index is 2.53. The van der Waals surface area contributed by atoms with Gasteiger partial charge in [0.2, 0.25) is 0 Å². The van der Waals surface area contributed by atoms with E-state index in [1.54, 1.807) is 0 Å². The van der Waals surface area contributed by atoms with Crippen molar-refractivity contribution in [3.05, 3.63) is 35.4 Å². The molecule has 1 rings (SSSR count). The monoisotopic (exact) mass is 359 g/mol. The van der Waals surface area contributed by atoms with E-state index in [2.05, 4.69) is 6.92 Å². The number of amides is 1. The van der Waals surface area contributed by atoms with Crippen LogP contribution >= 0.6 is 0 Å². The lowest BCUT2D eigenvalue weighted by atomic mass is 10.1. The lowest BCUT2D eigenvalue weighted by molar-refractivity contribution is -0.144. The second kappa shape index (κ2) is 10.1. The fourth-order valence-corrected chi connectivity index (χ4v) is 2.33. The molecule has 7 heteroatoms. The molecule has 4 nitrogen and oxygen atoms in total. The largest absolute Gasteiger partial charge is 0.464 e. The summed E-state index contributed by atoms with van der Waals surface area (Å²) in [4.78, 5) is 24.9. The number of ether oxygens (including phenoxy) is 1. The lowest BCUT2D eigenvalue weighted by Crippen LogP contribution is -2.34. The number of carbonyl (C=O) groups excluding carboxylic acids is 2. The first-order valence-corrected chi connectivity index (χ1v) is 8.34. The van der Waals surface area contributed by atoms with Crippen molar-refractivity contribution in [1.82, 2.24) is 4.90 Å². The van der Waals surface area contributed by atoms with Gasteiger partial charge in [0.1, 0.15) is 6.54 Å². The van der Waals surface area contributed by atoms with Gasteiger partial charge in [0.25, 0.3) is 5.91 Å². The Morgan fingerprint density at radius 1 is 1.08 bits per heavy atom. The van der Waals surface area contributed by atoms with Crippen molar-refractivity contribution in [3.63, 3.8) is 0 Å². The number of alkyl halides is 3. The second-order valence-electron chi connectivity index (χ2n) is 5.84. The first-order valence-electron chi connectivity index (χ1n) is 8.34. The molecule has 25 heavy (non-hydrogen) atoms. The van der Waals surface area contributed by atoms with Crippen molar-refractivity contribution in [2.75, 3.05) is 20.2 Å². The van der Waals surface area contributed by atoms with E-state index >= 15 is 0 Å². The normalized spacial score (nSPS) is 11.2. The molecule has 1 amide bonds. The molecular formula is C18H24F3NO3. The third-order valence-electron chi connectivity index (χ3n) is 3.69. The van der Waals surface area contributed by atoms with Gasteiger partial charge in [-0.25, -0.2) is 0 Å². The molecule has 0 aliphatic carbocycles. The Bertz CT molecular complexity index is 573. The topological polar surface area (TPSA) is 46.6 Å². The highest BCUT2D eigenvalue weighted by Gasteiger charge is 2.35. The van der Waals surface area contributed by atoms with Gasteiger partial charge in [-0.15, -0.1) is 0 Å². The molecular weight excluding hydrogens is 335 g/mol. The van der Waals surface area contributed by atoms with Gasteiger partial charge in [0, 0.05) is 7.05 Å². The second-order valence-corrected chi connectivity index (χ2v) is 5.84. The van der Waals surface area contributed by atoms with Crippen LogP contribution in [0.1, 0.15) is 54.9 Å². The molecule has 0 aliphatic rings. The summed E-state index contributed by atoms with van der Waals surface area (Å²) in [5.74, 6) is -1.50. The minimum absolute atomic E-state index is 0.254. The van der Waals surface area contributed by atoms with Crippen molar-refractivity contribution in [3.8, 4) is 0 Å². The van der Waals surface area contributed by atoms with E-state index in [0.717, 1.165) is 49.1 Å². The minimum Gasteiger partial charge on any atom is -0.464 e. The summed E-state index contributed by atoms with van der Waals surface area (Å²) in [7, 11) is 1.28. The summed E-state index contributed by atoms with van der Waals surface area (Å²) >= 11 is 0. The van der Waals surface area contributed by atoms with Gasteiger partial charge in [0.05, 0.1) is 17.7 Å². The molecule has 0 saturated heterocycles. The fourth-order valence-electron chi connectivity index (χ4n) is 2.33. The molecule has 1 aromatic carbocycles. The summed E-state index contributed by atoms with van der Waals surface area (Å²) in [5.41, 5.74) is -1.50. The zero-order chi connectivity index (χ0) is 18.9. The van der Waals surface area contributed by atoms with E-state index in [4.69, 9.17) is 4.74 Å². The predicted molar refractivity (Wildman–Crippen MR) is 88.1 cm³/mol. The first kappa shape index (κ1) is 21.0. The van der Waals surface area contributed by atoms with Crippen LogP contribution in [0, 0.1) is 0 Å². The average Bonchev–Trinajstić information content (AvgIpc) is 2.56. The van der Waals surface area contributed by atoms with Crippen LogP contribution in [0.2, 0.25) is 0 Å². The van der Waals surface area contributed by atoms with Crippen LogP contribution in [0.4, 0.5) is 13.2 Å². The molecule has 140 valence electrons. The van der Waals surface area contributed by atoms with Gasteiger partial charge in [-0.3, -0.25) is 9.59 Å². The highest BCUT2D eigenvalue weighted by atomic mass is 19.4. The van der Waals surface area contributed by atoms with E-state index in [9.17, 15) is 22.8 Å². The number of hydrogen-bond acceptors (Lipinski definition) is 3. The Hall–Kier alpha value is -2.05. The number of likely N-dealkylation sites (N-methyl/N-ethyl adjacent to an activating group) is 1. The SMILES string of the molecule is CCCCCCCOC(=O)CN(C)C(=O)c1ccccc1C(F)(F)F. The highest BCUT2D eigenvalue weighted by molar-refractivity contribution is 5.97. The molecule has 0 radical (unpaired) electrons. The summed E-state index contributed by atoms with van der Waals surface area (Å²) < 4.78 is 43.9. The van der Waals surface area contributed by atoms with Gasteiger partial charge in [0.15, 0.2) is 0 Å². The zero-order valence-corrected chi connectivity index (χ0v) is 14.6. The van der Waals surface area contributed by atoms with Crippen molar-refractivity contribution in [2.45, 2.75) is 45.2 Å². The molecule has 0 fully saturated rings. The van der Waals surface area contributed by atoms with Gasteiger partial charge in [-0.2, -0.15) is 13.2 Å². The van der Waals surface area contributed by atoms with Crippen molar-refractivity contribution in [2.24, 2.45) is 0 Å². The third-order valence-corrected chi connectivity index (χ3v) is 3.69. The Morgan fingerprint density at radius 3 is 2.36 bits per heavy atom. The number of esters is 1. The number of carbonyl (C=O) groups is 2. The van der Waals surface area contributed by atoms with Gasteiger partial charge in [-0.05, 0) is 18.6 Å². The van der Waals surface area contributed by atoms with E-state index < -0.39 is 29.2 Å². The first-order chi connectivity index (χ1) is 11.8. The maximum Gasteiger partial charge on any atom is 0.417 e. The molecule has 0 N–H and O–H groups in total. The zero-order valence-electron chi connectivity index (χ0n) is 14.6. The maximum absolute atomic E-state index is 13.0. The molecule has 0 atom stereocenters. The van der Waals surface area contributed by atoms with Crippen molar-refractivity contribution >= 4 is 11.9 Å². The van der Waals surface area contributed by atoms with Crippen molar-refractivity contribution in [1.29, 1.82) is 0 Å². The lowest BCUT2D eigenvalue weighted by Gasteiger charge is -2.19. The van der Waals surface area contributed by atoms with Gasteiger partial charge >= 0.3 is 12.1 Å². The standard InChI is InChI=1S/C18H24F3NO3/c1-3-4-5-6-9-12-25-16(23)13-22(2)17(24)14-10-7-8-11-15(14)18(19,20)21/h7-8,10-11H,3-6,9,12-13H2,1-2H3. The van der Waals surface area contributed by atoms with E-state index in [0.29, 0.717) is 0 Å². The van der Waals surface area contributed by atoms with Crippen LogP contribution in [0.3, 0.4) is 0 Å². The average molecular weight is 359 g/mol. The Morgan fingerprint density at radius 2 is 1.72 bits per heavy atom. The number of halogens is 3. The molecule has 0 saturated carbocycles. The van der Waals surface area contributed by atoms with E-state index in [-0.39, 0.29) is 13.2 Å². The fraction of sp³-hybridized carbons (Fsp3) is 0.556. The number of unbranched alkanes of at least 4 members (excludes halogenated alkanes) is 4. The predicted octanol–water partition coefficient (Wildman–Crippen LogP) is 4.29. The summed E-state index contributed by atoms with van der Waals surface area (Å²) in [6.07, 6.45) is 0.373. The van der Waals surface area contributed by atoms with E-state index in [1.807, 2.05) is 0 Å². The molecule has 0 heterocycles. The highest BCUT2D eigenvalue weighted by Crippen LogP contribution is 2.32. The quantitative estimate of drug-likeness (QED) is 0.488. The van der Waals surface area contributed by atoms with Gasteiger partial charge < -0.3 is 9.64 Å². The number of rotatable bonds is 9. The summed E-state index contributed by atoms with van der Waals surface area (Å²) in [5, 5.41) is 0. The number of nitrogens with zero attached hydrogens (tertiary/aromatic N) is 1. The minimum atomic E-state index is -4.63. The number of benzene rings is 1. The van der Waals surface area contributed by atoms with Crippen LogP contribution in [-0.4, -0.2) is 37.0 Å². The molecule has 0 bridgehead atoms. The molecule has 1 aromatic rings. The molecule has 0 aliphatic heterocycles. The van der Waals surface area contributed by atoms with Crippen molar-refractivity contribution < 1.29 is 27.5 Å². The molecule has 0 unspecified atom stereocenters. The van der Waals surface area contributed by atoms with Crippen LogP contribution < -0.4 is 0 Å². The molecule has 0 aromatic heterocycles. The van der Waals surface area contributed by atoms with Gasteiger partial charge in [-0.1, -0.05) is 44.7 Å². The number of hydrogen-bond donors (Lipinski definition) is 0. The van der Waals surface area contributed by atoms with Crippen LogP contribution in [0.25, 0.3) is 0 Å².